The summed E-state index contributed by atoms with van der Waals surface area (Å²) in [6.07, 6.45) is -1.94. The van der Waals surface area contributed by atoms with E-state index in [0.29, 0.717) is 12.6 Å². The van der Waals surface area contributed by atoms with Crippen molar-refractivity contribution in [2.24, 2.45) is 0 Å². The maximum Gasteiger partial charge on any atom is 0.416 e. The second-order valence-electron chi connectivity index (χ2n) is 5.50. The van der Waals surface area contributed by atoms with Gasteiger partial charge >= 0.3 is 6.18 Å². The molecule has 0 radical (unpaired) electrons. The second kappa shape index (κ2) is 6.14. The molecule has 0 spiro atoms. The highest BCUT2D eigenvalue weighted by Gasteiger charge is 2.30. The highest BCUT2D eigenvalue weighted by molar-refractivity contribution is 5.24. The van der Waals surface area contributed by atoms with E-state index >= 15 is 0 Å². The lowest BCUT2D eigenvalue weighted by Crippen LogP contribution is -2.40. The van der Waals surface area contributed by atoms with Crippen LogP contribution in [0.15, 0.2) is 24.3 Å². The van der Waals surface area contributed by atoms with Crippen LogP contribution in [0.3, 0.4) is 0 Å². The standard InChI is InChI=1S/C15H20F3NO/c1-10-7-14(8-11(2)20-10)19-9-12-3-5-13(6-4-12)15(16,17)18/h3-6,10-11,14,19H,7-9H2,1-2H3. The molecule has 112 valence electrons. The van der Waals surface area contributed by atoms with Crippen molar-refractivity contribution in [3.05, 3.63) is 35.4 Å². The Kier molecular flexibility index (Phi) is 4.70. The van der Waals surface area contributed by atoms with E-state index in [1.165, 1.54) is 12.1 Å². The molecule has 1 aliphatic rings. The van der Waals surface area contributed by atoms with Crippen LogP contribution in [0.4, 0.5) is 13.2 Å². The van der Waals surface area contributed by atoms with E-state index in [2.05, 4.69) is 5.32 Å². The first-order valence-electron chi connectivity index (χ1n) is 6.89. The molecule has 1 fully saturated rings. The van der Waals surface area contributed by atoms with Crippen molar-refractivity contribution in [1.82, 2.24) is 5.32 Å². The first-order valence-corrected chi connectivity index (χ1v) is 6.89. The number of hydrogen-bond acceptors (Lipinski definition) is 2. The van der Waals surface area contributed by atoms with Crippen molar-refractivity contribution < 1.29 is 17.9 Å². The average molecular weight is 287 g/mol. The summed E-state index contributed by atoms with van der Waals surface area (Å²) < 4.78 is 43.0. The number of halogens is 3. The fraction of sp³-hybridized carbons (Fsp3) is 0.600. The molecular weight excluding hydrogens is 267 g/mol. The Morgan fingerprint density at radius 3 is 2.15 bits per heavy atom. The van der Waals surface area contributed by atoms with Gasteiger partial charge in [-0.1, -0.05) is 12.1 Å². The van der Waals surface area contributed by atoms with Gasteiger partial charge in [0.2, 0.25) is 0 Å². The fourth-order valence-electron chi connectivity index (χ4n) is 2.65. The van der Waals surface area contributed by atoms with Gasteiger partial charge in [-0.15, -0.1) is 0 Å². The van der Waals surface area contributed by atoms with Crippen molar-refractivity contribution >= 4 is 0 Å². The summed E-state index contributed by atoms with van der Waals surface area (Å²) in [4.78, 5) is 0. The van der Waals surface area contributed by atoms with Gasteiger partial charge in [-0.25, -0.2) is 0 Å². The summed E-state index contributed by atoms with van der Waals surface area (Å²) in [7, 11) is 0. The monoisotopic (exact) mass is 287 g/mol. The SMILES string of the molecule is CC1CC(NCc2ccc(C(F)(F)F)cc2)CC(C)O1. The molecule has 1 N–H and O–H groups in total. The molecule has 0 aromatic heterocycles. The Morgan fingerprint density at radius 2 is 1.65 bits per heavy atom. The third-order valence-corrected chi connectivity index (χ3v) is 3.57. The van der Waals surface area contributed by atoms with Crippen LogP contribution in [0.1, 0.15) is 37.8 Å². The van der Waals surface area contributed by atoms with Crippen LogP contribution in [0.2, 0.25) is 0 Å². The van der Waals surface area contributed by atoms with Gasteiger partial charge in [0.05, 0.1) is 17.8 Å². The predicted molar refractivity (Wildman–Crippen MR) is 71.3 cm³/mol. The second-order valence-corrected chi connectivity index (χ2v) is 5.50. The molecule has 1 aromatic rings. The van der Waals surface area contributed by atoms with E-state index in [0.717, 1.165) is 30.5 Å². The number of benzene rings is 1. The summed E-state index contributed by atoms with van der Waals surface area (Å²) >= 11 is 0. The van der Waals surface area contributed by atoms with E-state index < -0.39 is 11.7 Å². The molecule has 2 nitrogen and oxygen atoms in total. The lowest BCUT2D eigenvalue weighted by atomic mass is 9.99. The highest BCUT2D eigenvalue weighted by Crippen LogP contribution is 2.29. The van der Waals surface area contributed by atoms with Crippen LogP contribution in [0, 0.1) is 0 Å². The molecule has 5 heteroatoms. The van der Waals surface area contributed by atoms with E-state index in [9.17, 15) is 13.2 Å². The fourth-order valence-corrected chi connectivity index (χ4v) is 2.65. The summed E-state index contributed by atoms with van der Waals surface area (Å²) in [6, 6.07) is 5.68. The molecule has 2 rings (SSSR count). The normalized spacial score (nSPS) is 27.6. The Balaban J connectivity index is 1.88. The minimum atomic E-state index is -4.27. The summed E-state index contributed by atoms with van der Waals surface area (Å²) in [5, 5.41) is 3.40. The molecule has 0 bridgehead atoms. The maximum atomic E-state index is 12.5. The molecule has 1 aromatic carbocycles. The zero-order valence-electron chi connectivity index (χ0n) is 11.7. The Labute approximate surface area is 117 Å². The van der Waals surface area contributed by atoms with Gasteiger partial charge in [0, 0.05) is 12.6 Å². The third kappa shape index (κ3) is 4.21. The Morgan fingerprint density at radius 1 is 1.10 bits per heavy atom. The third-order valence-electron chi connectivity index (χ3n) is 3.57. The zero-order chi connectivity index (χ0) is 14.8. The van der Waals surface area contributed by atoms with Crippen molar-refractivity contribution in [3.63, 3.8) is 0 Å². The van der Waals surface area contributed by atoms with E-state index in [1.807, 2.05) is 13.8 Å². The van der Waals surface area contributed by atoms with Crippen LogP contribution in [-0.2, 0) is 17.5 Å². The van der Waals surface area contributed by atoms with Gasteiger partial charge in [0.15, 0.2) is 0 Å². The molecule has 2 unspecified atom stereocenters. The van der Waals surface area contributed by atoms with E-state index in [4.69, 9.17) is 4.74 Å². The maximum absolute atomic E-state index is 12.5. The van der Waals surface area contributed by atoms with E-state index in [1.54, 1.807) is 0 Å². The van der Waals surface area contributed by atoms with Crippen molar-refractivity contribution in [3.8, 4) is 0 Å². The lowest BCUT2D eigenvalue weighted by molar-refractivity contribution is -0.137. The predicted octanol–water partition coefficient (Wildman–Crippen LogP) is 3.75. The van der Waals surface area contributed by atoms with Crippen molar-refractivity contribution in [1.29, 1.82) is 0 Å². The highest BCUT2D eigenvalue weighted by atomic mass is 19.4. The molecule has 0 saturated carbocycles. The molecule has 0 aliphatic carbocycles. The minimum Gasteiger partial charge on any atom is -0.375 e. The molecule has 2 atom stereocenters. The van der Waals surface area contributed by atoms with Crippen molar-refractivity contribution in [2.45, 2.75) is 57.7 Å². The minimum absolute atomic E-state index is 0.226. The first-order chi connectivity index (χ1) is 9.34. The van der Waals surface area contributed by atoms with Crippen LogP contribution < -0.4 is 5.32 Å². The van der Waals surface area contributed by atoms with Crippen LogP contribution in [0.25, 0.3) is 0 Å². The van der Waals surface area contributed by atoms with Crippen LogP contribution in [-0.4, -0.2) is 18.2 Å². The lowest BCUT2D eigenvalue weighted by Gasteiger charge is -2.32. The number of hydrogen-bond donors (Lipinski definition) is 1. The molecular formula is C15H20F3NO. The van der Waals surface area contributed by atoms with Gasteiger partial charge in [-0.2, -0.15) is 13.2 Å². The molecule has 1 heterocycles. The van der Waals surface area contributed by atoms with Gasteiger partial charge in [-0.05, 0) is 44.4 Å². The number of alkyl halides is 3. The summed E-state index contributed by atoms with van der Waals surface area (Å²) in [5.41, 5.74) is 0.263. The summed E-state index contributed by atoms with van der Waals surface area (Å²) in [5.74, 6) is 0. The number of ether oxygens (including phenoxy) is 1. The van der Waals surface area contributed by atoms with Crippen LogP contribution >= 0.6 is 0 Å². The Bertz CT molecular complexity index is 420. The van der Waals surface area contributed by atoms with E-state index in [-0.39, 0.29) is 12.2 Å². The smallest absolute Gasteiger partial charge is 0.375 e. The molecule has 0 amide bonds. The molecule has 1 aliphatic heterocycles. The van der Waals surface area contributed by atoms with Crippen LogP contribution in [0.5, 0.6) is 0 Å². The van der Waals surface area contributed by atoms with Gasteiger partial charge in [0.1, 0.15) is 0 Å². The molecule has 20 heavy (non-hydrogen) atoms. The van der Waals surface area contributed by atoms with Crippen molar-refractivity contribution in [2.75, 3.05) is 0 Å². The largest absolute Gasteiger partial charge is 0.416 e. The number of rotatable bonds is 3. The quantitative estimate of drug-likeness (QED) is 0.914. The number of nitrogens with one attached hydrogen (secondary N) is 1. The topological polar surface area (TPSA) is 21.3 Å². The van der Waals surface area contributed by atoms with Gasteiger partial charge in [0.25, 0.3) is 0 Å². The average Bonchev–Trinajstić information content (AvgIpc) is 2.35. The Hall–Kier alpha value is -1.07. The first kappa shape index (κ1) is 15.3. The summed E-state index contributed by atoms with van der Waals surface area (Å²) in [6.45, 7) is 4.67. The zero-order valence-corrected chi connectivity index (χ0v) is 11.7. The van der Waals surface area contributed by atoms with Gasteiger partial charge < -0.3 is 10.1 Å². The molecule has 1 saturated heterocycles. The van der Waals surface area contributed by atoms with Gasteiger partial charge in [-0.3, -0.25) is 0 Å².